The number of pyridine rings is 1. The van der Waals surface area contributed by atoms with Gasteiger partial charge in [0.25, 0.3) is 0 Å². The topological polar surface area (TPSA) is 39.9 Å². The molecule has 0 aliphatic carbocycles. The first-order valence-corrected chi connectivity index (χ1v) is 8.07. The van der Waals surface area contributed by atoms with Gasteiger partial charge in [0.05, 0.1) is 18.7 Å². The quantitative estimate of drug-likeness (QED) is 0.453. The van der Waals surface area contributed by atoms with Crippen LogP contribution in [0.15, 0.2) is 30.3 Å². The highest BCUT2D eigenvalue weighted by Gasteiger charge is 2.16. The fraction of sp³-hybridized carbons (Fsp3) is 0.143. The van der Waals surface area contributed by atoms with E-state index >= 15 is 0 Å². The number of benzene rings is 1. The molecule has 108 valence electrons. The second-order valence-corrected chi connectivity index (χ2v) is 6.16. The van der Waals surface area contributed by atoms with Gasteiger partial charge in [-0.15, -0.1) is 11.6 Å². The number of halogens is 3. The molecule has 0 saturated heterocycles. The zero-order valence-corrected chi connectivity index (χ0v) is 14.6. The normalized spacial score (nSPS) is 11.0. The second-order valence-electron chi connectivity index (χ2n) is 4.29. The maximum absolute atomic E-state index is 6.04. The third-order valence-corrected chi connectivity index (χ3v) is 4.37. The predicted octanol–water partition coefficient (Wildman–Crippen LogP) is 4.43. The van der Waals surface area contributed by atoms with E-state index in [0.29, 0.717) is 16.5 Å². The van der Waals surface area contributed by atoms with Crippen molar-refractivity contribution in [2.24, 2.45) is 0 Å². The Bertz CT molecular complexity index is 819. The van der Waals surface area contributed by atoms with Gasteiger partial charge in [0.15, 0.2) is 5.65 Å². The van der Waals surface area contributed by atoms with Gasteiger partial charge in [0, 0.05) is 14.7 Å². The minimum Gasteiger partial charge on any atom is -0.481 e. The van der Waals surface area contributed by atoms with E-state index in [1.54, 1.807) is 13.2 Å². The summed E-state index contributed by atoms with van der Waals surface area (Å²) < 4.78 is 8.13. The van der Waals surface area contributed by atoms with Crippen molar-refractivity contribution in [3.05, 3.63) is 44.7 Å². The molecule has 0 aliphatic heterocycles. The lowest BCUT2D eigenvalue weighted by atomic mass is 10.3. The van der Waals surface area contributed by atoms with E-state index in [0.717, 1.165) is 20.6 Å². The molecule has 1 aromatic carbocycles. The molecule has 0 amide bonds. The van der Waals surface area contributed by atoms with E-state index in [1.807, 2.05) is 28.8 Å². The summed E-state index contributed by atoms with van der Waals surface area (Å²) in [5, 5.41) is 0.686. The van der Waals surface area contributed by atoms with Gasteiger partial charge in [0.2, 0.25) is 5.88 Å². The molecule has 0 fully saturated rings. The molecule has 21 heavy (non-hydrogen) atoms. The molecule has 4 nitrogen and oxygen atoms in total. The first-order chi connectivity index (χ1) is 10.1. The Balaban J connectivity index is 2.33. The Morgan fingerprint density at radius 1 is 1.24 bits per heavy atom. The molecule has 7 heteroatoms. The summed E-state index contributed by atoms with van der Waals surface area (Å²) in [7, 11) is 1.59. The van der Waals surface area contributed by atoms with E-state index in [1.165, 1.54) is 0 Å². The molecule has 3 aromatic rings. The summed E-state index contributed by atoms with van der Waals surface area (Å²) in [6.07, 6.45) is 0. The Kier molecular flexibility index (Phi) is 4.24. The van der Waals surface area contributed by atoms with Gasteiger partial charge >= 0.3 is 0 Å². The van der Waals surface area contributed by atoms with Gasteiger partial charge in [-0.05, 0) is 46.9 Å². The van der Waals surface area contributed by atoms with Gasteiger partial charge < -0.3 is 4.74 Å². The van der Waals surface area contributed by atoms with Gasteiger partial charge in [-0.25, -0.2) is 4.98 Å². The molecule has 2 aromatic heterocycles. The number of hydrogen-bond acceptors (Lipinski definition) is 3. The van der Waals surface area contributed by atoms with Crippen molar-refractivity contribution < 1.29 is 4.74 Å². The van der Waals surface area contributed by atoms with Gasteiger partial charge in [-0.3, -0.25) is 4.57 Å². The van der Waals surface area contributed by atoms with Gasteiger partial charge in [0.1, 0.15) is 11.3 Å². The van der Waals surface area contributed by atoms with Crippen molar-refractivity contribution in [3.63, 3.8) is 0 Å². The first-order valence-electron chi connectivity index (χ1n) is 6.08. The van der Waals surface area contributed by atoms with Crippen LogP contribution in [-0.2, 0) is 5.88 Å². The SMILES string of the molecule is COc1ccc2nc(CCl)n(-c3ccc(Cl)cc3I)c2n1. The molecule has 0 saturated carbocycles. The molecule has 0 N–H and O–H groups in total. The first kappa shape index (κ1) is 14.9. The zero-order valence-electron chi connectivity index (χ0n) is 11.0. The second kappa shape index (κ2) is 5.98. The van der Waals surface area contributed by atoms with Crippen LogP contribution in [0.3, 0.4) is 0 Å². The fourth-order valence-corrected chi connectivity index (χ4v) is 3.40. The van der Waals surface area contributed by atoms with E-state index < -0.39 is 0 Å². The van der Waals surface area contributed by atoms with E-state index in [-0.39, 0.29) is 5.88 Å². The van der Waals surface area contributed by atoms with Crippen molar-refractivity contribution in [1.82, 2.24) is 14.5 Å². The van der Waals surface area contributed by atoms with Crippen LogP contribution < -0.4 is 4.74 Å². The molecule has 0 aliphatic rings. The van der Waals surface area contributed by atoms with Crippen molar-refractivity contribution in [2.45, 2.75) is 5.88 Å². The Labute approximate surface area is 145 Å². The van der Waals surface area contributed by atoms with Crippen LogP contribution in [0.25, 0.3) is 16.9 Å². The highest BCUT2D eigenvalue weighted by molar-refractivity contribution is 14.1. The summed E-state index contributed by atoms with van der Waals surface area (Å²) in [6.45, 7) is 0. The maximum Gasteiger partial charge on any atom is 0.215 e. The van der Waals surface area contributed by atoms with Crippen molar-refractivity contribution in [1.29, 1.82) is 0 Å². The highest BCUT2D eigenvalue weighted by atomic mass is 127. The van der Waals surface area contributed by atoms with Crippen LogP contribution >= 0.6 is 45.8 Å². The lowest BCUT2D eigenvalue weighted by molar-refractivity contribution is 0.399. The third kappa shape index (κ3) is 2.69. The molecule has 0 radical (unpaired) electrons. The number of nitrogens with zero attached hydrogens (tertiary/aromatic N) is 3. The third-order valence-electron chi connectivity index (χ3n) is 3.03. The Morgan fingerprint density at radius 2 is 2.05 bits per heavy atom. The van der Waals surface area contributed by atoms with Crippen LogP contribution in [-0.4, -0.2) is 21.6 Å². The number of rotatable bonds is 3. The average Bonchev–Trinajstić information content (AvgIpc) is 2.84. The highest BCUT2D eigenvalue weighted by Crippen LogP contribution is 2.28. The maximum atomic E-state index is 6.04. The van der Waals surface area contributed by atoms with Crippen molar-refractivity contribution >= 4 is 57.0 Å². The number of imidazole rings is 1. The van der Waals surface area contributed by atoms with Crippen LogP contribution in [0, 0.1) is 3.57 Å². The smallest absolute Gasteiger partial charge is 0.215 e. The minimum atomic E-state index is 0.289. The predicted molar refractivity (Wildman–Crippen MR) is 92.7 cm³/mol. The van der Waals surface area contributed by atoms with Gasteiger partial charge in [-0.2, -0.15) is 4.98 Å². The molecule has 2 heterocycles. The average molecular weight is 434 g/mol. The zero-order chi connectivity index (χ0) is 15.0. The number of methoxy groups -OCH3 is 1. The van der Waals surface area contributed by atoms with Crippen molar-refractivity contribution in [2.75, 3.05) is 7.11 Å². The summed E-state index contributed by atoms with van der Waals surface area (Å²) in [5.41, 5.74) is 2.43. The summed E-state index contributed by atoms with van der Waals surface area (Å²) in [5.74, 6) is 1.55. The summed E-state index contributed by atoms with van der Waals surface area (Å²) in [6, 6.07) is 9.31. The van der Waals surface area contributed by atoms with Crippen LogP contribution in [0.4, 0.5) is 0 Å². The molecule has 0 unspecified atom stereocenters. The number of alkyl halides is 1. The summed E-state index contributed by atoms with van der Waals surface area (Å²) >= 11 is 14.3. The number of ether oxygens (including phenoxy) is 1. The van der Waals surface area contributed by atoms with Crippen LogP contribution in [0.1, 0.15) is 5.82 Å². The van der Waals surface area contributed by atoms with Crippen molar-refractivity contribution in [3.8, 4) is 11.6 Å². The van der Waals surface area contributed by atoms with E-state index in [4.69, 9.17) is 27.9 Å². The van der Waals surface area contributed by atoms with E-state index in [9.17, 15) is 0 Å². The standard InChI is InChI=1S/C14H10Cl2IN3O/c1-21-13-5-3-10-14(19-13)20(12(7-15)18-10)11-4-2-8(16)6-9(11)17/h2-6H,7H2,1H3. The number of aromatic nitrogens is 3. The fourth-order valence-electron chi connectivity index (χ4n) is 2.11. The summed E-state index contributed by atoms with van der Waals surface area (Å²) in [4.78, 5) is 9.01. The lowest BCUT2D eigenvalue weighted by Crippen LogP contribution is -2.03. The Morgan fingerprint density at radius 3 is 2.71 bits per heavy atom. The number of fused-ring (bicyclic) bond motifs is 1. The molecule has 0 bridgehead atoms. The van der Waals surface area contributed by atoms with Crippen LogP contribution in [0.5, 0.6) is 5.88 Å². The molecular formula is C14H10Cl2IN3O. The molecule has 3 rings (SSSR count). The largest absolute Gasteiger partial charge is 0.481 e. The lowest BCUT2D eigenvalue weighted by Gasteiger charge is -2.10. The van der Waals surface area contributed by atoms with E-state index in [2.05, 4.69) is 32.6 Å². The molecule has 0 atom stereocenters. The van der Waals surface area contributed by atoms with Crippen LogP contribution in [0.2, 0.25) is 5.02 Å². The minimum absolute atomic E-state index is 0.289. The monoisotopic (exact) mass is 433 g/mol. The Hall–Kier alpha value is -1.05. The molecular weight excluding hydrogens is 424 g/mol. The number of hydrogen-bond donors (Lipinski definition) is 0. The molecule has 0 spiro atoms. The van der Waals surface area contributed by atoms with Gasteiger partial charge in [-0.1, -0.05) is 11.6 Å².